The van der Waals surface area contributed by atoms with Crippen molar-refractivity contribution >= 4 is 20.8 Å². The Balaban J connectivity index is 2.14. The maximum Gasteiger partial charge on any atom is -0.0517 e. The van der Waals surface area contributed by atoms with E-state index in [0.717, 1.165) is 5.92 Å². The van der Waals surface area contributed by atoms with Crippen molar-refractivity contribution in [1.29, 1.82) is 0 Å². The molecule has 0 bridgehead atoms. The molecule has 0 unspecified atom stereocenters. The number of rotatable bonds is 2. The first-order valence-corrected chi connectivity index (χ1v) is 7.13. The van der Waals surface area contributed by atoms with Gasteiger partial charge in [0, 0.05) is 0 Å². The highest BCUT2D eigenvalue weighted by molar-refractivity contribution is 7.95. The van der Waals surface area contributed by atoms with Crippen molar-refractivity contribution in [2.24, 2.45) is 5.92 Å². The average Bonchev–Trinajstić information content (AvgIpc) is 2.72. The SMILES string of the molecule is CC(C)(C1CCCCC1)[S-]1=CC=CC=1. The second-order valence-corrected chi connectivity index (χ2v) is 7.31. The van der Waals surface area contributed by atoms with E-state index in [9.17, 15) is 0 Å². The second-order valence-electron chi connectivity index (χ2n) is 4.97. The van der Waals surface area contributed by atoms with E-state index in [4.69, 9.17) is 0 Å². The van der Waals surface area contributed by atoms with Crippen molar-refractivity contribution in [2.75, 3.05) is 0 Å². The molecule has 14 heavy (non-hydrogen) atoms. The Hall–Kier alpha value is -0.170. The molecule has 0 saturated heterocycles. The molecule has 2 rings (SSSR count). The molecule has 1 heterocycles. The zero-order chi connectivity index (χ0) is 10.0. The molecule has 0 nitrogen and oxygen atoms in total. The molecule has 0 amide bonds. The van der Waals surface area contributed by atoms with Crippen LogP contribution in [0.1, 0.15) is 46.0 Å². The van der Waals surface area contributed by atoms with Crippen LogP contribution in [-0.4, -0.2) is 15.5 Å². The van der Waals surface area contributed by atoms with Gasteiger partial charge in [-0.05, 0) is 0 Å². The molecular formula is C13H21S-. The van der Waals surface area contributed by atoms with Crippen LogP contribution in [0.3, 0.4) is 0 Å². The Morgan fingerprint density at radius 1 is 1.00 bits per heavy atom. The summed E-state index contributed by atoms with van der Waals surface area (Å²) in [5.41, 5.74) is 0. The number of hydrogen-bond donors (Lipinski definition) is 0. The minimum atomic E-state index is 0.404. The summed E-state index contributed by atoms with van der Waals surface area (Å²) in [6.45, 7) is 4.93. The van der Waals surface area contributed by atoms with E-state index in [1.807, 2.05) is 0 Å². The van der Waals surface area contributed by atoms with Gasteiger partial charge >= 0.3 is 0 Å². The lowest BCUT2D eigenvalue weighted by molar-refractivity contribution is 0.304. The molecule has 1 fully saturated rings. The summed E-state index contributed by atoms with van der Waals surface area (Å²) in [7, 11) is 0.404. The average molecular weight is 209 g/mol. The standard InChI is InChI=1S/C13H21S/c1-13(2,14-10-6-7-11-14)12-8-4-3-5-9-12/h6-7,10-12H,3-5,8-9H2,1-2H3/q-1. The van der Waals surface area contributed by atoms with Crippen LogP contribution in [0.4, 0.5) is 0 Å². The zero-order valence-electron chi connectivity index (χ0n) is 9.33. The van der Waals surface area contributed by atoms with Gasteiger partial charge in [0.05, 0.1) is 0 Å². The van der Waals surface area contributed by atoms with Crippen LogP contribution in [0.5, 0.6) is 0 Å². The Bertz CT molecular complexity index is 294. The van der Waals surface area contributed by atoms with E-state index in [-0.39, 0.29) is 0 Å². The quantitative estimate of drug-likeness (QED) is 0.484. The molecule has 0 N–H and O–H groups in total. The second kappa shape index (κ2) is 4.14. The molecule has 0 aromatic rings. The summed E-state index contributed by atoms with van der Waals surface area (Å²) in [4.78, 5) is 0. The first-order chi connectivity index (χ1) is 6.71. The molecule has 2 aliphatic rings. The Kier molecular flexibility index (Phi) is 3.06. The summed E-state index contributed by atoms with van der Waals surface area (Å²) in [5, 5.41) is 4.79. The van der Waals surface area contributed by atoms with Gasteiger partial charge in [0.1, 0.15) is 0 Å². The van der Waals surface area contributed by atoms with Crippen molar-refractivity contribution in [2.45, 2.75) is 50.7 Å². The van der Waals surface area contributed by atoms with Crippen molar-refractivity contribution in [3.05, 3.63) is 12.2 Å². The number of allylic oxidation sites excluding steroid dienone is 2. The molecule has 80 valence electrons. The highest BCUT2D eigenvalue weighted by Crippen LogP contribution is 2.35. The van der Waals surface area contributed by atoms with Crippen molar-refractivity contribution in [3.8, 4) is 0 Å². The fourth-order valence-corrected chi connectivity index (χ4v) is 4.58. The Morgan fingerprint density at radius 2 is 1.57 bits per heavy atom. The van der Waals surface area contributed by atoms with Crippen LogP contribution >= 0.6 is 0 Å². The van der Waals surface area contributed by atoms with E-state index in [1.54, 1.807) is 0 Å². The summed E-state index contributed by atoms with van der Waals surface area (Å²) >= 11 is 0. The van der Waals surface area contributed by atoms with E-state index in [0.29, 0.717) is 14.8 Å². The normalized spacial score (nSPS) is 24.7. The van der Waals surface area contributed by atoms with Gasteiger partial charge in [0.15, 0.2) is 0 Å². The van der Waals surface area contributed by atoms with Crippen LogP contribution in [0, 0.1) is 5.92 Å². The van der Waals surface area contributed by atoms with Crippen molar-refractivity contribution in [3.63, 3.8) is 0 Å². The van der Waals surface area contributed by atoms with E-state index in [2.05, 4.69) is 36.7 Å². The third-order valence-corrected chi connectivity index (χ3v) is 6.21. The summed E-state index contributed by atoms with van der Waals surface area (Å²) in [6.07, 6.45) is 11.7. The lowest BCUT2D eigenvalue weighted by Crippen LogP contribution is -2.34. The molecule has 0 radical (unpaired) electrons. The minimum Gasteiger partial charge on any atom is -0.465 e. The van der Waals surface area contributed by atoms with Gasteiger partial charge in [0.2, 0.25) is 0 Å². The first-order valence-electron chi connectivity index (χ1n) is 5.78. The fourth-order valence-electron chi connectivity index (χ4n) is 2.65. The van der Waals surface area contributed by atoms with Crippen LogP contribution in [0.2, 0.25) is 0 Å². The monoisotopic (exact) mass is 209 g/mol. The highest BCUT2D eigenvalue weighted by Gasteiger charge is 2.23. The van der Waals surface area contributed by atoms with Gasteiger partial charge in [-0.15, -0.1) is 4.75 Å². The molecule has 1 aliphatic heterocycles. The third-order valence-electron chi connectivity index (χ3n) is 3.76. The lowest BCUT2D eigenvalue weighted by atomic mass is 9.81. The van der Waals surface area contributed by atoms with Gasteiger partial charge in [-0.25, -0.2) is 0 Å². The van der Waals surface area contributed by atoms with Gasteiger partial charge in [0.25, 0.3) is 0 Å². The Morgan fingerprint density at radius 3 is 2.14 bits per heavy atom. The van der Waals surface area contributed by atoms with Crippen LogP contribution in [0.25, 0.3) is 0 Å². The summed E-state index contributed by atoms with van der Waals surface area (Å²) < 4.78 is 0.504. The topological polar surface area (TPSA) is 0 Å². The predicted molar refractivity (Wildman–Crippen MR) is 69.3 cm³/mol. The molecule has 1 heteroatoms. The number of hydrogen-bond acceptors (Lipinski definition) is 1. The Labute approximate surface area is 89.9 Å². The van der Waals surface area contributed by atoms with Gasteiger partial charge < -0.3 is 10.1 Å². The largest absolute Gasteiger partial charge is 0.465 e. The molecule has 0 aromatic heterocycles. The predicted octanol–water partition coefficient (Wildman–Crippen LogP) is 3.14. The molecule has 0 aromatic carbocycles. The van der Waals surface area contributed by atoms with Crippen molar-refractivity contribution in [1.82, 2.24) is 0 Å². The molecule has 1 aliphatic carbocycles. The van der Waals surface area contributed by atoms with Crippen molar-refractivity contribution < 1.29 is 0 Å². The van der Waals surface area contributed by atoms with Gasteiger partial charge in [-0.3, -0.25) is 0 Å². The fraction of sp³-hybridized carbons (Fsp3) is 0.692. The van der Waals surface area contributed by atoms with Gasteiger partial charge in [-0.1, -0.05) is 64.0 Å². The lowest BCUT2D eigenvalue weighted by Gasteiger charge is -2.44. The van der Waals surface area contributed by atoms with Crippen LogP contribution in [-0.2, 0) is 10.1 Å². The molecule has 0 atom stereocenters. The minimum absolute atomic E-state index is 0.404. The zero-order valence-corrected chi connectivity index (χ0v) is 10.1. The van der Waals surface area contributed by atoms with E-state index >= 15 is 0 Å². The van der Waals surface area contributed by atoms with E-state index < -0.39 is 0 Å². The summed E-state index contributed by atoms with van der Waals surface area (Å²) in [6, 6.07) is 0. The first kappa shape index (κ1) is 10.4. The van der Waals surface area contributed by atoms with Gasteiger partial charge in [-0.2, -0.15) is 10.7 Å². The van der Waals surface area contributed by atoms with Crippen LogP contribution in [0.15, 0.2) is 12.2 Å². The van der Waals surface area contributed by atoms with Crippen LogP contribution < -0.4 is 0 Å². The third kappa shape index (κ3) is 1.93. The summed E-state index contributed by atoms with van der Waals surface area (Å²) in [5.74, 6) is 0.951. The molecule has 1 saturated carbocycles. The molecule has 0 spiro atoms. The molecular weight excluding hydrogens is 188 g/mol. The van der Waals surface area contributed by atoms with E-state index in [1.165, 1.54) is 32.1 Å². The maximum atomic E-state index is 2.46. The smallest absolute Gasteiger partial charge is 0.0517 e. The maximum absolute atomic E-state index is 2.46. The highest BCUT2D eigenvalue weighted by atomic mass is 32.2.